The van der Waals surface area contributed by atoms with E-state index in [-0.39, 0.29) is 65.8 Å². The second-order valence-electron chi connectivity index (χ2n) is 15.2. The molecule has 1 heterocycles. The van der Waals surface area contributed by atoms with Crippen LogP contribution in [0.25, 0.3) is 0 Å². The number of nitrogens with zero attached hydrogens (tertiary/aromatic N) is 2. The molecule has 4 amide bonds. The van der Waals surface area contributed by atoms with Crippen LogP contribution in [-0.4, -0.2) is 103 Å². The van der Waals surface area contributed by atoms with Crippen molar-refractivity contribution in [2.24, 2.45) is 29.6 Å². The van der Waals surface area contributed by atoms with Gasteiger partial charge in [0.1, 0.15) is 6.04 Å². The minimum absolute atomic E-state index is 0.0285. The Morgan fingerprint density at radius 1 is 0.920 bits per heavy atom. The van der Waals surface area contributed by atoms with E-state index < -0.39 is 36.3 Å². The topological polar surface area (TPSA) is 140 Å². The van der Waals surface area contributed by atoms with Gasteiger partial charge in [-0.15, -0.1) is 0 Å². The molecule has 1 aromatic carbocycles. The van der Waals surface area contributed by atoms with E-state index in [1.54, 1.807) is 40.0 Å². The normalized spacial score (nSPS) is 20.3. The first-order chi connectivity index (χ1) is 23.5. The molecule has 2 rings (SSSR count). The summed E-state index contributed by atoms with van der Waals surface area (Å²) in [6, 6.07) is 7.06. The summed E-state index contributed by atoms with van der Waals surface area (Å²) in [5.41, 5.74) is 0.721. The number of ether oxygens (including phenoxy) is 1. The lowest BCUT2D eigenvalue weighted by Gasteiger charge is -2.40. The van der Waals surface area contributed by atoms with E-state index in [9.17, 15) is 24.3 Å². The molecule has 284 valence electrons. The molecule has 1 aromatic rings. The van der Waals surface area contributed by atoms with E-state index >= 15 is 0 Å². The quantitative estimate of drug-likeness (QED) is 0.170. The molecule has 1 aliphatic rings. The molecule has 11 heteroatoms. The molecule has 50 heavy (non-hydrogen) atoms. The number of nitrogens with one attached hydrogen (secondary N) is 3. The summed E-state index contributed by atoms with van der Waals surface area (Å²) in [4.78, 5) is 58.3. The second-order valence-corrected chi connectivity index (χ2v) is 15.2. The number of hydrogen-bond donors (Lipinski definition) is 4. The van der Waals surface area contributed by atoms with Gasteiger partial charge in [-0.1, -0.05) is 92.1 Å². The van der Waals surface area contributed by atoms with Crippen molar-refractivity contribution in [3.63, 3.8) is 0 Å². The monoisotopic (exact) mass is 702 g/mol. The molecule has 0 unspecified atom stereocenters. The standard InChI is InChI=1S/C39H67N5O6/c1-13-25(6)34(43(11)39(49)33(24(4)5)42-38(48)32(40-10)23(2)3)26(7)22-31(45)44-21-17-20-30(44)36(50-12)27(8)37(47)41-28(9)35(46)29-18-15-14-16-19-29/h14-16,18-19,23-28,30,32-36,40,46H,13,17,20-22H2,1-12H3,(H,41,47)(H,42,48)/t25-,26+,27+,28+,30-,32-,33-,34-,35+,36+/m0/s1. The van der Waals surface area contributed by atoms with Crippen LogP contribution in [-0.2, 0) is 23.9 Å². The Bertz CT molecular complexity index is 1230. The first kappa shape index (κ1) is 43.1. The number of amides is 4. The van der Waals surface area contributed by atoms with Crippen LogP contribution in [0.15, 0.2) is 30.3 Å². The summed E-state index contributed by atoms with van der Waals surface area (Å²) in [5.74, 6) is -1.35. The van der Waals surface area contributed by atoms with Crippen LogP contribution < -0.4 is 16.0 Å². The minimum Gasteiger partial charge on any atom is -0.386 e. The highest BCUT2D eigenvalue weighted by molar-refractivity contribution is 5.90. The van der Waals surface area contributed by atoms with Gasteiger partial charge >= 0.3 is 0 Å². The Labute approximate surface area is 301 Å². The summed E-state index contributed by atoms with van der Waals surface area (Å²) in [6.45, 7) is 18.1. The third-order valence-corrected chi connectivity index (χ3v) is 10.8. The van der Waals surface area contributed by atoms with Crippen molar-refractivity contribution >= 4 is 23.6 Å². The highest BCUT2D eigenvalue weighted by Crippen LogP contribution is 2.31. The molecule has 0 radical (unpaired) electrons. The van der Waals surface area contributed by atoms with Gasteiger partial charge in [0.15, 0.2) is 0 Å². The Balaban J connectivity index is 2.19. The fourth-order valence-electron chi connectivity index (χ4n) is 7.63. The van der Waals surface area contributed by atoms with Gasteiger partial charge in [0, 0.05) is 33.2 Å². The van der Waals surface area contributed by atoms with Crippen molar-refractivity contribution < 1.29 is 29.0 Å². The van der Waals surface area contributed by atoms with Gasteiger partial charge in [-0.25, -0.2) is 0 Å². The number of aliphatic hydroxyl groups excluding tert-OH is 1. The molecule has 1 aliphatic heterocycles. The molecular weight excluding hydrogens is 634 g/mol. The zero-order valence-electron chi connectivity index (χ0n) is 32.7. The Morgan fingerprint density at radius 3 is 2.04 bits per heavy atom. The molecule has 0 bridgehead atoms. The molecule has 1 fully saturated rings. The number of carbonyl (C=O) groups is 4. The van der Waals surface area contributed by atoms with Crippen LogP contribution in [0.1, 0.15) is 99.7 Å². The molecule has 0 aromatic heterocycles. The minimum atomic E-state index is -0.861. The van der Waals surface area contributed by atoms with Gasteiger partial charge in [0.25, 0.3) is 0 Å². The first-order valence-electron chi connectivity index (χ1n) is 18.6. The summed E-state index contributed by atoms with van der Waals surface area (Å²) in [7, 11) is 5.10. The molecule has 1 saturated heterocycles. The number of likely N-dealkylation sites (tertiary alicyclic amines) is 1. The number of hydrogen-bond acceptors (Lipinski definition) is 7. The predicted octanol–water partition coefficient (Wildman–Crippen LogP) is 4.15. The third-order valence-electron chi connectivity index (χ3n) is 10.8. The van der Waals surface area contributed by atoms with E-state index in [1.165, 1.54) is 0 Å². The van der Waals surface area contributed by atoms with E-state index in [0.717, 1.165) is 18.4 Å². The van der Waals surface area contributed by atoms with Crippen molar-refractivity contribution in [1.29, 1.82) is 0 Å². The van der Waals surface area contributed by atoms with Crippen molar-refractivity contribution in [2.45, 2.75) is 130 Å². The molecule has 0 aliphatic carbocycles. The molecule has 0 spiro atoms. The van der Waals surface area contributed by atoms with Gasteiger partial charge in [0.05, 0.1) is 36.3 Å². The van der Waals surface area contributed by atoms with E-state index in [1.807, 2.05) is 69.9 Å². The van der Waals surface area contributed by atoms with Gasteiger partial charge in [-0.3, -0.25) is 19.2 Å². The fraction of sp³-hybridized carbons (Fsp3) is 0.744. The lowest BCUT2D eigenvalue weighted by molar-refractivity contribution is -0.144. The number of carbonyl (C=O) groups excluding carboxylic acids is 4. The van der Waals surface area contributed by atoms with Crippen LogP contribution in [0.5, 0.6) is 0 Å². The fourth-order valence-corrected chi connectivity index (χ4v) is 7.63. The van der Waals surface area contributed by atoms with E-state index in [0.29, 0.717) is 13.0 Å². The van der Waals surface area contributed by atoms with E-state index in [4.69, 9.17) is 4.74 Å². The van der Waals surface area contributed by atoms with Crippen molar-refractivity contribution in [1.82, 2.24) is 25.8 Å². The molecule has 11 nitrogen and oxygen atoms in total. The molecule has 0 saturated carbocycles. The third kappa shape index (κ3) is 11.0. The largest absolute Gasteiger partial charge is 0.386 e. The van der Waals surface area contributed by atoms with Crippen LogP contribution in [0.3, 0.4) is 0 Å². The number of methoxy groups -OCH3 is 1. The Kier molecular flexibility index (Phi) is 17.4. The zero-order chi connectivity index (χ0) is 37.9. The molecule has 4 N–H and O–H groups in total. The number of likely N-dealkylation sites (N-methyl/N-ethyl adjacent to an activating group) is 2. The molecular formula is C39H67N5O6. The summed E-state index contributed by atoms with van der Waals surface area (Å²) in [5, 5.41) is 19.8. The maximum Gasteiger partial charge on any atom is 0.245 e. The number of aliphatic hydroxyl groups is 1. The lowest BCUT2D eigenvalue weighted by Crippen LogP contribution is -2.58. The summed E-state index contributed by atoms with van der Waals surface area (Å²) in [6.07, 6.45) is 1.17. The lowest BCUT2D eigenvalue weighted by atomic mass is 9.84. The molecule has 10 atom stereocenters. The average molecular weight is 702 g/mol. The smallest absolute Gasteiger partial charge is 0.245 e. The van der Waals surface area contributed by atoms with Gasteiger partial charge in [0.2, 0.25) is 23.6 Å². The van der Waals surface area contributed by atoms with Crippen molar-refractivity contribution in [3.8, 4) is 0 Å². The summed E-state index contributed by atoms with van der Waals surface area (Å²) >= 11 is 0. The van der Waals surface area contributed by atoms with Crippen LogP contribution >= 0.6 is 0 Å². The summed E-state index contributed by atoms with van der Waals surface area (Å²) < 4.78 is 5.91. The second kappa shape index (κ2) is 20.1. The van der Waals surface area contributed by atoms with Crippen molar-refractivity contribution in [2.75, 3.05) is 27.7 Å². The van der Waals surface area contributed by atoms with Crippen LogP contribution in [0.4, 0.5) is 0 Å². The SMILES string of the molecule is CC[C@H](C)[C@@H]([C@H](C)CC(=O)N1CCC[C@H]1[C@H](OC)[C@@H](C)C(=O)N[C@H](C)[C@@H](O)c1ccccc1)N(C)C(=O)[C@@H](NC(=O)[C@@H](NC)C(C)C)C(C)C. The number of benzene rings is 1. The number of rotatable bonds is 19. The first-order valence-corrected chi connectivity index (χ1v) is 18.6. The highest BCUT2D eigenvalue weighted by Gasteiger charge is 2.42. The Morgan fingerprint density at radius 2 is 1.52 bits per heavy atom. The van der Waals surface area contributed by atoms with Crippen LogP contribution in [0, 0.1) is 29.6 Å². The van der Waals surface area contributed by atoms with Gasteiger partial charge in [-0.2, -0.15) is 0 Å². The average Bonchev–Trinajstić information content (AvgIpc) is 3.56. The Hall–Kier alpha value is -3.02. The predicted molar refractivity (Wildman–Crippen MR) is 198 cm³/mol. The van der Waals surface area contributed by atoms with Crippen LogP contribution in [0.2, 0.25) is 0 Å². The van der Waals surface area contributed by atoms with Crippen molar-refractivity contribution in [3.05, 3.63) is 35.9 Å². The zero-order valence-corrected chi connectivity index (χ0v) is 32.7. The van der Waals surface area contributed by atoms with Gasteiger partial charge in [-0.05, 0) is 56.0 Å². The van der Waals surface area contributed by atoms with E-state index in [2.05, 4.69) is 29.8 Å². The maximum atomic E-state index is 14.1. The maximum absolute atomic E-state index is 14.1. The highest BCUT2D eigenvalue weighted by atomic mass is 16.5. The van der Waals surface area contributed by atoms with Gasteiger partial charge < -0.3 is 35.6 Å².